The largest absolute Gasteiger partial charge is 0.310 e. The van der Waals surface area contributed by atoms with E-state index in [-0.39, 0.29) is 50.3 Å². The molecule has 13 aromatic carbocycles. The lowest BCUT2D eigenvalue weighted by Crippen LogP contribution is -2.61. The summed E-state index contributed by atoms with van der Waals surface area (Å²) in [4.78, 5) is 4.77. The van der Waals surface area contributed by atoms with Crippen molar-refractivity contribution in [3.63, 3.8) is 0 Å². The van der Waals surface area contributed by atoms with Crippen LogP contribution >= 0.6 is 0 Å². The second-order valence-electron chi connectivity index (χ2n) is 28.4. The van der Waals surface area contributed by atoms with E-state index in [9.17, 15) is 11.0 Å². The molecule has 0 radical (unpaired) electrons. The summed E-state index contributed by atoms with van der Waals surface area (Å²) in [6, 6.07) is 68.0. The lowest BCUT2D eigenvalue weighted by atomic mass is 9.33. The highest BCUT2D eigenvalue weighted by Gasteiger charge is 2.46. The molecule has 0 spiro atoms. The standard InChI is InChI=1S/C90H75BN4/c1-88(2,3)63-36-28-35-62(51-63)68-47-50-79-84(71-41-24-27-44-78(71)92(79)66-37-20-13-21-38-66)87(68)95-80-52-61(58-29-14-10-15-30-58)45-48-74(80)91-75-49-46-67(93-76-42-25-22-39-69(76)70-40-23-26-43-77(70)93)57-81(75)94(82-55-65(90(7,8)9)56-83(95)85(82)91)86-72(59-31-16-11-17-32-59)53-64(89(4,5)6)54-73(86)60-33-18-12-19-34-60/h10-57H,1-9H3/i10D,14D,15D,22D,23D,25D,26D,29D,30D,39D,40D,42D,43D. The fourth-order valence-corrected chi connectivity index (χ4v) is 14.8. The summed E-state index contributed by atoms with van der Waals surface area (Å²) < 4.78 is 126. The highest BCUT2D eigenvalue weighted by Crippen LogP contribution is 2.56. The normalized spacial score (nSPS) is 15.0. The van der Waals surface area contributed by atoms with Gasteiger partial charge < -0.3 is 18.9 Å². The zero-order valence-electron chi connectivity index (χ0n) is 67.6. The number of benzene rings is 13. The highest BCUT2D eigenvalue weighted by molar-refractivity contribution is 7.00. The summed E-state index contributed by atoms with van der Waals surface area (Å²) in [6.45, 7) is 19.3. The van der Waals surface area contributed by atoms with Gasteiger partial charge in [-0.1, -0.05) is 274 Å². The lowest BCUT2D eigenvalue weighted by molar-refractivity contribution is 0.590. The van der Waals surface area contributed by atoms with Crippen LogP contribution in [0.1, 0.15) is 96.8 Å². The lowest BCUT2D eigenvalue weighted by Gasteiger charge is -2.46. The molecule has 0 unspecified atom stereocenters. The molecule has 0 bridgehead atoms. The Hall–Kier alpha value is -10.9. The number of nitrogens with zero attached hydrogens (tertiary/aromatic N) is 4. The van der Waals surface area contributed by atoms with E-state index in [1.165, 1.54) is 0 Å². The first kappa shape index (κ1) is 45.4. The van der Waals surface area contributed by atoms with Gasteiger partial charge in [0.1, 0.15) is 0 Å². The van der Waals surface area contributed by atoms with Crippen LogP contribution in [0.4, 0.5) is 34.1 Å². The molecule has 458 valence electrons. The molecule has 0 fully saturated rings. The SMILES string of the molecule is [2H]c1c([2H])c([2H])c(-c2ccc3c(c2)N(c2c(-c4cccc(C(C)(C)C)c4)ccc4c2c2ccccc2n4-c2ccccc2)c2cc(C(C)(C)C)cc4c2B3c2ccc(-n3c5c([2H])c([2H])c([2H])c([2H])c5c5c([2H])c([2H])c([2H])c([2H])c53)cc2N4c2c(-c3ccccc3)cc(C(C)(C)C)cc2-c2ccccc2)c([2H])c1[2H]. The monoisotopic (exact) mass is 1240 g/mol. The quantitative estimate of drug-likeness (QED) is 0.141. The Kier molecular flexibility index (Phi) is 10.5. The van der Waals surface area contributed by atoms with Gasteiger partial charge in [-0.25, -0.2) is 0 Å². The van der Waals surface area contributed by atoms with Crippen molar-refractivity contribution in [2.75, 3.05) is 9.80 Å². The van der Waals surface area contributed by atoms with Crippen LogP contribution in [-0.4, -0.2) is 15.8 Å². The van der Waals surface area contributed by atoms with E-state index in [0.717, 1.165) is 117 Å². The summed E-state index contributed by atoms with van der Waals surface area (Å²) in [5.41, 5.74) is 18.2. The van der Waals surface area contributed by atoms with Crippen LogP contribution in [0.5, 0.6) is 0 Å². The molecule has 2 aromatic heterocycles. The van der Waals surface area contributed by atoms with Crippen molar-refractivity contribution < 1.29 is 17.8 Å². The highest BCUT2D eigenvalue weighted by atomic mass is 15.2. The van der Waals surface area contributed by atoms with Crippen LogP contribution in [0.3, 0.4) is 0 Å². The Balaban J connectivity index is 1.11. The van der Waals surface area contributed by atoms with Gasteiger partial charge in [0, 0.05) is 72.4 Å². The van der Waals surface area contributed by atoms with Crippen LogP contribution in [0.2, 0.25) is 0 Å². The zero-order chi connectivity index (χ0) is 76.0. The number of rotatable bonds is 8. The molecule has 0 atom stereocenters. The summed E-state index contributed by atoms with van der Waals surface area (Å²) >= 11 is 0. The molecule has 0 N–H and O–H groups in total. The molecule has 4 heterocycles. The van der Waals surface area contributed by atoms with Crippen molar-refractivity contribution in [3.05, 3.63) is 308 Å². The van der Waals surface area contributed by atoms with E-state index in [4.69, 9.17) is 6.85 Å². The number of anilines is 6. The van der Waals surface area contributed by atoms with E-state index in [1.807, 2.05) is 42.5 Å². The van der Waals surface area contributed by atoms with Gasteiger partial charge in [0.25, 0.3) is 6.71 Å². The smallest absolute Gasteiger partial charge is 0.252 e. The Labute approximate surface area is 577 Å². The average molecular weight is 1240 g/mol. The molecule has 5 heteroatoms. The number of hydrogen-bond donors (Lipinski definition) is 0. The molecule has 0 aliphatic carbocycles. The van der Waals surface area contributed by atoms with Crippen LogP contribution in [0.25, 0.3) is 99.5 Å². The Bertz CT molecular complexity index is 6200. The minimum Gasteiger partial charge on any atom is -0.310 e. The molecule has 0 amide bonds. The van der Waals surface area contributed by atoms with Gasteiger partial charge in [-0.2, -0.15) is 0 Å². The number of aromatic nitrogens is 2. The molecule has 15 aromatic rings. The minimum absolute atomic E-state index is 0.0158. The van der Waals surface area contributed by atoms with Crippen LogP contribution in [-0.2, 0) is 16.2 Å². The molecule has 2 aliphatic heterocycles. The first-order valence-corrected chi connectivity index (χ1v) is 32.6. The minimum atomic E-state index is -0.677. The average Bonchev–Trinajstić information content (AvgIpc) is 0.745. The van der Waals surface area contributed by atoms with E-state index in [2.05, 4.69) is 247 Å². The van der Waals surface area contributed by atoms with Gasteiger partial charge in [0.15, 0.2) is 0 Å². The van der Waals surface area contributed by atoms with E-state index in [0.29, 0.717) is 22.6 Å². The summed E-state index contributed by atoms with van der Waals surface area (Å²) in [6.07, 6.45) is 0. The molecule has 0 saturated carbocycles. The fraction of sp³-hybridized carbons (Fsp3) is 0.133. The Morgan fingerprint density at radius 1 is 0.305 bits per heavy atom. The second-order valence-corrected chi connectivity index (χ2v) is 28.4. The molecular weight excluding hydrogens is 1150 g/mol. The molecule has 95 heavy (non-hydrogen) atoms. The fourth-order valence-electron chi connectivity index (χ4n) is 14.8. The molecule has 0 saturated heterocycles. The van der Waals surface area contributed by atoms with Crippen molar-refractivity contribution >= 4 is 101 Å². The van der Waals surface area contributed by atoms with E-state index >= 15 is 0 Å². The van der Waals surface area contributed by atoms with Crippen molar-refractivity contribution in [3.8, 4) is 55.9 Å². The van der Waals surface area contributed by atoms with Gasteiger partial charge >= 0.3 is 0 Å². The third-order valence-electron chi connectivity index (χ3n) is 19.5. The van der Waals surface area contributed by atoms with Crippen LogP contribution < -0.4 is 26.2 Å². The summed E-state index contributed by atoms with van der Waals surface area (Å²) in [5, 5.41) is 1.83. The maximum absolute atomic E-state index is 9.81. The summed E-state index contributed by atoms with van der Waals surface area (Å²) in [5.74, 6) is 0. The maximum Gasteiger partial charge on any atom is 0.252 e. The molecule has 2 aliphatic rings. The first-order chi connectivity index (χ1) is 51.5. The van der Waals surface area contributed by atoms with Gasteiger partial charge in [-0.3, -0.25) is 0 Å². The zero-order valence-corrected chi connectivity index (χ0v) is 54.6. The van der Waals surface area contributed by atoms with Gasteiger partial charge in [0.2, 0.25) is 0 Å². The van der Waals surface area contributed by atoms with Crippen molar-refractivity contribution in [2.24, 2.45) is 0 Å². The van der Waals surface area contributed by atoms with Crippen molar-refractivity contribution in [1.82, 2.24) is 9.13 Å². The third-order valence-corrected chi connectivity index (χ3v) is 19.5. The first-order valence-electron chi connectivity index (χ1n) is 39.1. The van der Waals surface area contributed by atoms with Crippen LogP contribution in [0, 0.1) is 0 Å². The predicted octanol–water partition coefficient (Wildman–Crippen LogP) is 22.5. The van der Waals surface area contributed by atoms with Crippen molar-refractivity contribution in [1.29, 1.82) is 0 Å². The van der Waals surface area contributed by atoms with Gasteiger partial charge in [0.05, 0.1) is 51.3 Å². The van der Waals surface area contributed by atoms with E-state index < -0.39 is 78.6 Å². The van der Waals surface area contributed by atoms with E-state index in [1.54, 1.807) is 4.57 Å². The number of para-hydroxylation sites is 4. The third kappa shape index (κ3) is 9.41. The number of hydrogen-bond acceptors (Lipinski definition) is 2. The predicted molar refractivity (Wildman–Crippen MR) is 407 cm³/mol. The summed E-state index contributed by atoms with van der Waals surface area (Å²) in [7, 11) is 0. The molecule has 4 nitrogen and oxygen atoms in total. The van der Waals surface area contributed by atoms with Crippen molar-refractivity contribution in [2.45, 2.75) is 78.6 Å². The second kappa shape index (κ2) is 21.9. The number of fused-ring (bicyclic) bond motifs is 10. The topological polar surface area (TPSA) is 16.3 Å². The van der Waals surface area contributed by atoms with Gasteiger partial charge in [-0.05, 0) is 156 Å². The Morgan fingerprint density at radius 3 is 1.44 bits per heavy atom. The molecular formula is C90H75BN4. The van der Waals surface area contributed by atoms with Crippen LogP contribution in [0.15, 0.2) is 291 Å². The molecule has 17 rings (SSSR count). The van der Waals surface area contributed by atoms with Gasteiger partial charge in [-0.15, -0.1) is 0 Å². The maximum atomic E-state index is 9.81. The Morgan fingerprint density at radius 2 is 0.821 bits per heavy atom.